The lowest BCUT2D eigenvalue weighted by Crippen LogP contribution is -2.30. The van der Waals surface area contributed by atoms with Crippen molar-refractivity contribution in [2.24, 2.45) is 0 Å². The number of hydrogen-bond acceptors (Lipinski definition) is 5. The van der Waals surface area contributed by atoms with Crippen LogP contribution < -0.4 is 19.7 Å². The molecule has 1 aromatic carbocycles. The van der Waals surface area contributed by atoms with Crippen LogP contribution in [-0.2, 0) is 0 Å². The van der Waals surface area contributed by atoms with Crippen molar-refractivity contribution < 1.29 is 9.47 Å². The molecule has 35 heavy (non-hydrogen) atoms. The third-order valence-corrected chi connectivity index (χ3v) is 6.73. The van der Waals surface area contributed by atoms with Gasteiger partial charge in [-0.05, 0) is 74.1 Å². The van der Waals surface area contributed by atoms with Crippen LogP contribution in [0.1, 0.15) is 34.7 Å². The minimum atomic E-state index is -0.164. The molecule has 0 aliphatic carbocycles. The fourth-order valence-corrected chi connectivity index (χ4v) is 5.18. The van der Waals surface area contributed by atoms with Gasteiger partial charge in [-0.3, -0.25) is 4.98 Å². The number of methoxy groups -OCH3 is 2. The first kappa shape index (κ1) is 22.9. The maximum atomic E-state index is 5.90. The number of aryl methyl sites for hydroxylation is 1. The van der Waals surface area contributed by atoms with E-state index in [-0.39, 0.29) is 12.1 Å². The van der Waals surface area contributed by atoms with Gasteiger partial charge >= 0.3 is 0 Å². The molecule has 0 amide bonds. The molecule has 0 saturated carbocycles. The van der Waals surface area contributed by atoms with E-state index in [1.54, 1.807) is 14.2 Å². The van der Waals surface area contributed by atoms with Crippen molar-refractivity contribution in [3.05, 3.63) is 95.7 Å². The molecule has 8 heteroatoms. The Hall–Kier alpha value is -3.91. The monoisotopic (exact) mass is 485 g/mol. The zero-order valence-electron chi connectivity index (χ0n) is 20.1. The van der Waals surface area contributed by atoms with Crippen molar-refractivity contribution in [3.8, 4) is 17.3 Å². The SMILES string of the molecule is COc1ccc(N2C(=S)N[C@H](c3ccccn3)[C@@H]2c2cc(C)n(-c3ccccn3)c2C)c(OC)c1. The van der Waals surface area contributed by atoms with Gasteiger partial charge in [0, 0.05) is 29.8 Å². The van der Waals surface area contributed by atoms with Gasteiger partial charge in [0.25, 0.3) is 0 Å². The molecule has 3 aromatic heterocycles. The Morgan fingerprint density at radius 3 is 2.34 bits per heavy atom. The standard InChI is InChI=1S/C27H27N5O2S/c1-17-15-20(18(2)31(17)24-10-6-8-14-29-24)26-25(21-9-5-7-13-28-21)30-27(35)32(26)22-12-11-19(33-3)16-23(22)34-4/h5-16,25-26H,1-4H3,(H,30,35)/t25-,26+/m1/s1. The van der Waals surface area contributed by atoms with Crippen molar-refractivity contribution in [1.82, 2.24) is 19.9 Å². The Kier molecular flexibility index (Phi) is 6.13. The first-order valence-electron chi connectivity index (χ1n) is 11.4. The number of rotatable bonds is 6. The number of ether oxygens (including phenoxy) is 2. The fraction of sp³-hybridized carbons (Fsp3) is 0.222. The Morgan fingerprint density at radius 1 is 0.914 bits per heavy atom. The predicted molar refractivity (Wildman–Crippen MR) is 141 cm³/mol. The molecule has 0 unspecified atom stereocenters. The van der Waals surface area contributed by atoms with Crippen LogP contribution in [0.2, 0.25) is 0 Å². The van der Waals surface area contributed by atoms with Crippen LogP contribution in [0.4, 0.5) is 5.69 Å². The van der Waals surface area contributed by atoms with Gasteiger partial charge in [-0.2, -0.15) is 0 Å². The molecule has 2 atom stereocenters. The maximum Gasteiger partial charge on any atom is 0.174 e. The number of pyridine rings is 2. The van der Waals surface area contributed by atoms with Gasteiger partial charge in [0.1, 0.15) is 17.3 Å². The highest BCUT2D eigenvalue weighted by Gasteiger charge is 2.43. The highest BCUT2D eigenvalue weighted by molar-refractivity contribution is 7.80. The summed E-state index contributed by atoms with van der Waals surface area (Å²) in [5, 5.41) is 4.13. The Bertz CT molecular complexity index is 1360. The van der Waals surface area contributed by atoms with Gasteiger partial charge in [-0.15, -0.1) is 0 Å². The summed E-state index contributed by atoms with van der Waals surface area (Å²) in [6.45, 7) is 4.22. The molecule has 1 aliphatic heterocycles. The van der Waals surface area contributed by atoms with Crippen LogP contribution in [0.3, 0.4) is 0 Å². The number of nitrogens with one attached hydrogen (secondary N) is 1. The predicted octanol–water partition coefficient (Wildman–Crippen LogP) is 5.08. The molecule has 1 aliphatic rings. The molecule has 5 rings (SSSR count). The molecule has 0 bridgehead atoms. The average Bonchev–Trinajstić information content (AvgIpc) is 3.39. The summed E-state index contributed by atoms with van der Waals surface area (Å²) in [5.74, 6) is 2.28. The van der Waals surface area contributed by atoms with E-state index >= 15 is 0 Å². The first-order valence-corrected chi connectivity index (χ1v) is 11.8. The topological polar surface area (TPSA) is 64.4 Å². The van der Waals surface area contributed by atoms with E-state index in [2.05, 4.69) is 44.7 Å². The van der Waals surface area contributed by atoms with E-state index in [1.807, 2.05) is 67.0 Å². The van der Waals surface area contributed by atoms with E-state index in [1.165, 1.54) is 0 Å². The van der Waals surface area contributed by atoms with E-state index in [0.29, 0.717) is 10.9 Å². The summed E-state index contributed by atoms with van der Waals surface area (Å²) in [4.78, 5) is 11.4. The minimum Gasteiger partial charge on any atom is -0.497 e. The third-order valence-electron chi connectivity index (χ3n) is 6.41. The van der Waals surface area contributed by atoms with E-state index in [9.17, 15) is 0 Å². The fourth-order valence-electron chi connectivity index (χ4n) is 4.84. The Labute approximate surface area is 210 Å². The molecular formula is C27H27N5O2S. The smallest absolute Gasteiger partial charge is 0.174 e. The zero-order chi connectivity index (χ0) is 24.5. The average molecular weight is 486 g/mol. The van der Waals surface area contributed by atoms with E-state index in [4.69, 9.17) is 21.7 Å². The van der Waals surface area contributed by atoms with Crippen LogP contribution in [-0.4, -0.2) is 33.9 Å². The highest BCUT2D eigenvalue weighted by Crippen LogP contribution is 2.46. The lowest BCUT2D eigenvalue weighted by Gasteiger charge is -2.29. The van der Waals surface area contributed by atoms with Crippen LogP contribution in [0.25, 0.3) is 5.82 Å². The number of aromatic nitrogens is 3. The maximum absolute atomic E-state index is 5.90. The van der Waals surface area contributed by atoms with Crippen molar-refractivity contribution >= 4 is 23.0 Å². The van der Waals surface area contributed by atoms with Gasteiger partial charge in [-0.1, -0.05) is 12.1 Å². The van der Waals surface area contributed by atoms with Gasteiger partial charge < -0.3 is 24.3 Å². The molecule has 4 aromatic rings. The van der Waals surface area contributed by atoms with Gasteiger partial charge in [0.2, 0.25) is 0 Å². The summed E-state index contributed by atoms with van der Waals surface area (Å²) in [5.41, 5.74) is 5.09. The third kappa shape index (κ3) is 4.00. The molecule has 4 heterocycles. The largest absolute Gasteiger partial charge is 0.497 e. The number of anilines is 1. The summed E-state index contributed by atoms with van der Waals surface area (Å²) in [7, 11) is 3.30. The quantitative estimate of drug-likeness (QED) is 0.382. The number of nitrogens with zero attached hydrogens (tertiary/aromatic N) is 4. The van der Waals surface area contributed by atoms with Crippen LogP contribution >= 0.6 is 12.2 Å². The van der Waals surface area contributed by atoms with E-state index in [0.717, 1.165) is 39.9 Å². The van der Waals surface area contributed by atoms with Crippen LogP contribution in [0.5, 0.6) is 11.5 Å². The number of thiocarbonyl (C=S) groups is 1. The van der Waals surface area contributed by atoms with Crippen LogP contribution in [0.15, 0.2) is 73.1 Å². The molecule has 0 radical (unpaired) electrons. The summed E-state index contributed by atoms with van der Waals surface area (Å²) < 4.78 is 13.4. The molecule has 1 N–H and O–H groups in total. The second-order valence-electron chi connectivity index (χ2n) is 8.38. The lowest BCUT2D eigenvalue weighted by atomic mass is 9.96. The number of hydrogen-bond donors (Lipinski definition) is 1. The van der Waals surface area contributed by atoms with Gasteiger partial charge in [0.05, 0.1) is 37.7 Å². The van der Waals surface area contributed by atoms with Crippen molar-refractivity contribution in [2.75, 3.05) is 19.1 Å². The second-order valence-corrected chi connectivity index (χ2v) is 8.77. The molecule has 1 saturated heterocycles. The molecule has 7 nitrogen and oxygen atoms in total. The summed E-state index contributed by atoms with van der Waals surface area (Å²) in [6, 6.07) is 19.5. The lowest BCUT2D eigenvalue weighted by molar-refractivity contribution is 0.394. The molecule has 1 fully saturated rings. The summed E-state index contributed by atoms with van der Waals surface area (Å²) in [6.07, 6.45) is 3.62. The van der Waals surface area contributed by atoms with Gasteiger partial charge in [-0.25, -0.2) is 4.98 Å². The van der Waals surface area contributed by atoms with Crippen molar-refractivity contribution in [1.29, 1.82) is 0 Å². The molecule has 178 valence electrons. The Morgan fingerprint density at radius 2 is 1.69 bits per heavy atom. The first-order chi connectivity index (χ1) is 17.0. The van der Waals surface area contributed by atoms with Crippen molar-refractivity contribution in [2.45, 2.75) is 25.9 Å². The van der Waals surface area contributed by atoms with Gasteiger partial charge in [0.15, 0.2) is 5.11 Å². The van der Waals surface area contributed by atoms with Crippen molar-refractivity contribution in [3.63, 3.8) is 0 Å². The van der Waals surface area contributed by atoms with Crippen LogP contribution in [0, 0.1) is 13.8 Å². The molecule has 0 spiro atoms. The normalized spacial score (nSPS) is 17.4. The van der Waals surface area contributed by atoms with E-state index < -0.39 is 0 Å². The summed E-state index contributed by atoms with van der Waals surface area (Å²) >= 11 is 5.90. The highest BCUT2D eigenvalue weighted by atomic mass is 32.1. The second kappa shape index (κ2) is 9.38. The zero-order valence-corrected chi connectivity index (χ0v) is 20.9. The molecular weight excluding hydrogens is 458 g/mol. The number of benzene rings is 1. The Balaban J connectivity index is 1.70. The minimum absolute atomic E-state index is 0.159.